The summed E-state index contributed by atoms with van der Waals surface area (Å²) in [5, 5.41) is 0. The van der Waals surface area contributed by atoms with Crippen molar-refractivity contribution in [3.8, 4) is 0 Å². The molecule has 1 aliphatic rings. The average Bonchev–Trinajstić information content (AvgIpc) is 2.54. The Morgan fingerprint density at radius 1 is 1.60 bits per heavy atom. The van der Waals surface area contributed by atoms with Gasteiger partial charge in [-0.2, -0.15) is 0 Å². The summed E-state index contributed by atoms with van der Waals surface area (Å²) >= 11 is 0. The minimum atomic E-state index is -2.85. The summed E-state index contributed by atoms with van der Waals surface area (Å²) < 4.78 is 22.5. The molecule has 0 aromatic carbocycles. The second-order valence-electron chi connectivity index (χ2n) is 3.91. The predicted octanol–water partition coefficient (Wildman–Crippen LogP) is -0.170. The predicted molar refractivity (Wildman–Crippen MR) is 61.6 cm³/mol. The van der Waals surface area contributed by atoms with Crippen LogP contribution in [0.3, 0.4) is 0 Å². The van der Waals surface area contributed by atoms with E-state index in [1.807, 2.05) is 6.92 Å². The highest BCUT2D eigenvalue weighted by Crippen LogP contribution is 2.16. The molecule has 1 fully saturated rings. The van der Waals surface area contributed by atoms with E-state index in [9.17, 15) is 8.42 Å². The molecule has 0 amide bonds. The summed E-state index contributed by atoms with van der Waals surface area (Å²) in [6.07, 6.45) is 1.60. The number of aliphatic imine (C=N–C) groups is 1. The maximum atomic E-state index is 11.3. The van der Waals surface area contributed by atoms with E-state index in [0.29, 0.717) is 18.9 Å². The van der Waals surface area contributed by atoms with Gasteiger partial charge in [0.15, 0.2) is 15.8 Å². The van der Waals surface area contributed by atoms with Gasteiger partial charge >= 0.3 is 0 Å². The van der Waals surface area contributed by atoms with E-state index in [2.05, 4.69) is 4.99 Å². The molecule has 1 atom stereocenters. The molecule has 1 aliphatic heterocycles. The van der Waals surface area contributed by atoms with Crippen molar-refractivity contribution in [1.82, 2.24) is 4.90 Å². The molecule has 0 spiro atoms. The normalized spacial score (nSPS) is 25.5. The molecular weight excluding hydrogens is 214 g/mol. The van der Waals surface area contributed by atoms with Crippen LogP contribution in [0.15, 0.2) is 4.99 Å². The smallest absolute Gasteiger partial charge is 0.191 e. The highest BCUT2D eigenvalue weighted by molar-refractivity contribution is 7.91. The fraction of sp³-hybridized carbons (Fsp3) is 0.889. The molecule has 6 heteroatoms. The molecule has 0 bridgehead atoms. The van der Waals surface area contributed by atoms with Gasteiger partial charge in [-0.25, -0.2) is 8.42 Å². The average molecular weight is 233 g/mol. The van der Waals surface area contributed by atoms with E-state index in [1.54, 1.807) is 11.9 Å². The molecule has 1 heterocycles. The number of hydrogen-bond donors (Lipinski definition) is 1. The Kier molecular flexibility index (Phi) is 3.96. The molecule has 0 saturated carbocycles. The van der Waals surface area contributed by atoms with Gasteiger partial charge in [0.1, 0.15) is 0 Å². The van der Waals surface area contributed by atoms with Crippen LogP contribution in [0.4, 0.5) is 0 Å². The van der Waals surface area contributed by atoms with Gasteiger partial charge in [-0.15, -0.1) is 0 Å². The topological polar surface area (TPSA) is 75.8 Å². The first-order chi connectivity index (χ1) is 6.96. The molecule has 1 unspecified atom stereocenters. The van der Waals surface area contributed by atoms with E-state index in [4.69, 9.17) is 5.73 Å². The summed E-state index contributed by atoms with van der Waals surface area (Å²) in [5.41, 5.74) is 5.75. The lowest BCUT2D eigenvalue weighted by atomic mass is 10.2. The molecular formula is C9H19N3O2S. The number of sulfone groups is 1. The highest BCUT2D eigenvalue weighted by atomic mass is 32.2. The number of guanidine groups is 1. The maximum Gasteiger partial charge on any atom is 0.191 e. The van der Waals surface area contributed by atoms with Gasteiger partial charge in [0.2, 0.25) is 0 Å². The number of nitrogens with two attached hydrogens (primary N) is 1. The Hall–Kier alpha value is -0.780. The van der Waals surface area contributed by atoms with E-state index in [0.717, 1.165) is 6.42 Å². The van der Waals surface area contributed by atoms with Gasteiger partial charge < -0.3 is 10.6 Å². The maximum absolute atomic E-state index is 11.3. The van der Waals surface area contributed by atoms with Crippen LogP contribution < -0.4 is 5.73 Å². The molecule has 0 aromatic rings. The van der Waals surface area contributed by atoms with Crippen molar-refractivity contribution in [3.05, 3.63) is 0 Å². The van der Waals surface area contributed by atoms with Crippen LogP contribution in [-0.2, 0) is 9.84 Å². The van der Waals surface area contributed by atoms with E-state index in [-0.39, 0.29) is 17.5 Å². The Morgan fingerprint density at radius 2 is 2.27 bits per heavy atom. The number of rotatable bonds is 3. The van der Waals surface area contributed by atoms with Gasteiger partial charge in [0, 0.05) is 19.6 Å². The van der Waals surface area contributed by atoms with Crippen molar-refractivity contribution in [2.75, 3.05) is 25.1 Å². The van der Waals surface area contributed by atoms with Crippen molar-refractivity contribution in [2.24, 2.45) is 10.7 Å². The Bertz CT molecular complexity index is 337. The lowest BCUT2D eigenvalue weighted by molar-refractivity contribution is 0.391. The molecule has 1 saturated heterocycles. The van der Waals surface area contributed by atoms with Crippen LogP contribution in [0.25, 0.3) is 0 Å². The summed E-state index contributed by atoms with van der Waals surface area (Å²) in [4.78, 5) is 5.94. The van der Waals surface area contributed by atoms with E-state index < -0.39 is 9.84 Å². The standard InChI is InChI=1S/C9H19N3O2S/c1-3-5-11-9(10)12(2)8-4-6-15(13,14)7-8/h8H,3-7H2,1-2H3,(H2,10,11). The lowest BCUT2D eigenvalue weighted by Crippen LogP contribution is -2.42. The zero-order chi connectivity index (χ0) is 11.5. The van der Waals surface area contributed by atoms with Gasteiger partial charge in [0.25, 0.3) is 0 Å². The summed E-state index contributed by atoms with van der Waals surface area (Å²) in [6.45, 7) is 2.71. The third-order valence-corrected chi connectivity index (χ3v) is 4.37. The molecule has 88 valence electrons. The van der Waals surface area contributed by atoms with Crippen molar-refractivity contribution in [3.63, 3.8) is 0 Å². The molecule has 15 heavy (non-hydrogen) atoms. The Labute approximate surface area is 91.3 Å². The molecule has 0 aromatic heterocycles. The first-order valence-electron chi connectivity index (χ1n) is 5.19. The largest absolute Gasteiger partial charge is 0.370 e. The first kappa shape index (κ1) is 12.3. The van der Waals surface area contributed by atoms with Crippen LogP contribution in [-0.4, -0.2) is 50.4 Å². The van der Waals surface area contributed by atoms with Gasteiger partial charge in [0.05, 0.1) is 11.5 Å². The van der Waals surface area contributed by atoms with E-state index >= 15 is 0 Å². The number of hydrogen-bond acceptors (Lipinski definition) is 3. The van der Waals surface area contributed by atoms with Crippen LogP contribution in [0.5, 0.6) is 0 Å². The molecule has 0 radical (unpaired) electrons. The van der Waals surface area contributed by atoms with Crippen molar-refractivity contribution in [2.45, 2.75) is 25.8 Å². The monoisotopic (exact) mass is 233 g/mol. The number of nitrogens with zero attached hydrogens (tertiary/aromatic N) is 2. The fourth-order valence-corrected chi connectivity index (χ4v) is 3.38. The SMILES string of the molecule is CCCN=C(N)N(C)C1CCS(=O)(=O)C1. The summed E-state index contributed by atoms with van der Waals surface area (Å²) in [5.74, 6) is 0.911. The molecule has 5 nitrogen and oxygen atoms in total. The van der Waals surface area contributed by atoms with Gasteiger partial charge in [-0.3, -0.25) is 4.99 Å². The third-order valence-electron chi connectivity index (χ3n) is 2.61. The quantitative estimate of drug-likeness (QED) is 0.542. The molecule has 0 aliphatic carbocycles. The minimum Gasteiger partial charge on any atom is -0.370 e. The fourth-order valence-electron chi connectivity index (χ4n) is 1.61. The molecule has 1 rings (SSSR count). The molecule has 2 N–H and O–H groups in total. The van der Waals surface area contributed by atoms with Crippen molar-refractivity contribution in [1.29, 1.82) is 0 Å². The highest BCUT2D eigenvalue weighted by Gasteiger charge is 2.31. The minimum absolute atomic E-state index is 0.00407. The van der Waals surface area contributed by atoms with Gasteiger partial charge in [-0.05, 0) is 12.8 Å². The lowest BCUT2D eigenvalue weighted by Gasteiger charge is -2.24. The van der Waals surface area contributed by atoms with Crippen LogP contribution >= 0.6 is 0 Å². The van der Waals surface area contributed by atoms with Gasteiger partial charge in [-0.1, -0.05) is 6.92 Å². The van der Waals surface area contributed by atoms with Crippen LogP contribution in [0.1, 0.15) is 19.8 Å². The Balaban J connectivity index is 2.58. The Morgan fingerprint density at radius 3 is 2.73 bits per heavy atom. The summed E-state index contributed by atoms with van der Waals surface area (Å²) in [6, 6.07) is -0.00407. The van der Waals surface area contributed by atoms with Crippen molar-refractivity contribution < 1.29 is 8.42 Å². The second kappa shape index (κ2) is 4.83. The third kappa shape index (κ3) is 3.37. The summed E-state index contributed by atoms with van der Waals surface area (Å²) in [7, 11) is -1.04. The first-order valence-corrected chi connectivity index (χ1v) is 7.01. The van der Waals surface area contributed by atoms with Crippen molar-refractivity contribution >= 4 is 15.8 Å². The zero-order valence-corrected chi connectivity index (χ0v) is 10.1. The second-order valence-corrected chi connectivity index (χ2v) is 6.14. The van der Waals surface area contributed by atoms with Crippen LogP contribution in [0.2, 0.25) is 0 Å². The zero-order valence-electron chi connectivity index (χ0n) is 9.31. The van der Waals surface area contributed by atoms with E-state index in [1.165, 1.54) is 0 Å². The van der Waals surface area contributed by atoms with Crippen LogP contribution in [0, 0.1) is 0 Å².